The molecule has 2 fully saturated rings. The smallest absolute Gasteiger partial charge is 0.242 e. The second kappa shape index (κ2) is 7.78. The third kappa shape index (κ3) is 4.09. The molecule has 1 aromatic rings. The van der Waals surface area contributed by atoms with Gasteiger partial charge in [-0.25, -0.2) is 0 Å². The summed E-state index contributed by atoms with van der Waals surface area (Å²) < 4.78 is 0. The standard InChI is InChI=1S/C21H31N3O2/c1-13(2)20(22)21(26)23-12-19(25)24(16-8-9-16)17-10-15(11-17)18-7-5-4-6-14(18)3/h4-7,13,15-17,20H,8-12,22H2,1-3H3,(H,23,26)/t15?,17?,20-/m0/s1. The van der Waals surface area contributed by atoms with E-state index in [1.165, 1.54) is 11.1 Å². The summed E-state index contributed by atoms with van der Waals surface area (Å²) in [6.45, 7) is 6.02. The third-order valence-electron chi connectivity index (χ3n) is 5.80. The molecule has 5 nitrogen and oxygen atoms in total. The molecular weight excluding hydrogens is 326 g/mol. The Kier molecular flexibility index (Phi) is 5.66. The Bertz CT molecular complexity index is 663. The van der Waals surface area contributed by atoms with E-state index in [4.69, 9.17) is 5.73 Å². The first-order valence-electron chi connectivity index (χ1n) is 9.78. The zero-order chi connectivity index (χ0) is 18.8. The second-order valence-corrected chi connectivity index (χ2v) is 8.20. The van der Waals surface area contributed by atoms with Gasteiger partial charge in [-0.1, -0.05) is 38.1 Å². The average Bonchev–Trinajstić information content (AvgIpc) is 3.40. The largest absolute Gasteiger partial charge is 0.346 e. The van der Waals surface area contributed by atoms with Gasteiger partial charge in [-0.05, 0) is 55.6 Å². The number of carbonyl (C=O) groups excluding carboxylic acids is 2. The number of amides is 2. The summed E-state index contributed by atoms with van der Waals surface area (Å²) in [4.78, 5) is 26.8. The van der Waals surface area contributed by atoms with E-state index >= 15 is 0 Å². The van der Waals surface area contributed by atoms with Gasteiger partial charge in [0.25, 0.3) is 0 Å². The van der Waals surface area contributed by atoms with Crippen LogP contribution in [-0.4, -0.2) is 41.4 Å². The molecule has 2 amide bonds. The Morgan fingerprint density at radius 2 is 1.85 bits per heavy atom. The Morgan fingerprint density at radius 3 is 2.42 bits per heavy atom. The van der Waals surface area contributed by atoms with E-state index in [2.05, 4.69) is 36.5 Å². The van der Waals surface area contributed by atoms with Gasteiger partial charge in [0.15, 0.2) is 0 Å². The normalized spacial score (nSPS) is 23.3. The van der Waals surface area contributed by atoms with Crippen molar-refractivity contribution in [1.29, 1.82) is 0 Å². The molecule has 3 N–H and O–H groups in total. The van der Waals surface area contributed by atoms with Crippen LogP contribution in [0, 0.1) is 12.8 Å². The lowest BCUT2D eigenvalue weighted by molar-refractivity contribution is -0.137. The first kappa shape index (κ1) is 18.9. The number of rotatable bonds is 7. The van der Waals surface area contributed by atoms with Crippen molar-refractivity contribution < 1.29 is 9.59 Å². The molecule has 26 heavy (non-hydrogen) atoms. The number of nitrogens with one attached hydrogen (secondary N) is 1. The van der Waals surface area contributed by atoms with Crippen molar-refractivity contribution in [3.8, 4) is 0 Å². The fourth-order valence-corrected chi connectivity index (χ4v) is 3.85. The van der Waals surface area contributed by atoms with Crippen molar-refractivity contribution in [2.75, 3.05) is 6.54 Å². The molecule has 0 aromatic heterocycles. The van der Waals surface area contributed by atoms with Gasteiger partial charge in [-0.2, -0.15) is 0 Å². The molecule has 2 saturated carbocycles. The lowest BCUT2D eigenvalue weighted by Crippen LogP contribution is -2.53. The minimum Gasteiger partial charge on any atom is -0.346 e. The molecule has 1 atom stereocenters. The van der Waals surface area contributed by atoms with Gasteiger partial charge in [-0.15, -0.1) is 0 Å². The molecule has 0 bridgehead atoms. The van der Waals surface area contributed by atoms with Crippen molar-refractivity contribution in [2.24, 2.45) is 11.7 Å². The van der Waals surface area contributed by atoms with Crippen LogP contribution in [-0.2, 0) is 9.59 Å². The summed E-state index contributed by atoms with van der Waals surface area (Å²) in [5.74, 6) is 0.394. The van der Waals surface area contributed by atoms with Gasteiger partial charge in [0.1, 0.15) is 0 Å². The van der Waals surface area contributed by atoms with E-state index in [-0.39, 0.29) is 24.3 Å². The minimum atomic E-state index is -0.564. The van der Waals surface area contributed by atoms with Crippen molar-refractivity contribution in [2.45, 2.75) is 70.5 Å². The maximum absolute atomic E-state index is 12.7. The molecule has 1 aromatic carbocycles. The van der Waals surface area contributed by atoms with Crippen LogP contribution in [0.5, 0.6) is 0 Å². The summed E-state index contributed by atoms with van der Waals surface area (Å²) in [6, 6.07) is 8.61. The summed E-state index contributed by atoms with van der Waals surface area (Å²) in [6.07, 6.45) is 4.20. The average molecular weight is 357 g/mol. The van der Waals surface area contributed by atoms with Gasteiger partial charge in [-0.3, -0.25) is 9.59 Å². The van der Waals surface area contributed by atoms with Crippen molar-refractivity contribution in [1.82, 2.24) is 10.2 Å². The molecule has 0 aliphatic heterocycles. The minimum absolute atomic E-state index is 0.0324. The Morgan fingerprint density at radius 1 is 1.19 bits per heavy atom. The van der Waals surface area contributed by atoms with Crippen LogP contribution in [0.4, 0.5) is 0 Å². The zero-order valence-electron chi connectivity index (χ0n) is 16.1. The topological polar surface area (TPSA) is 75.4 Å². The maximum atomic E-state index is 12.7. The molecule has 2 aliphatic carbocycles. The first-order valence-corrected chi connectivity index (χ1v) is 9.78. The Labute approximate surface area is 156 Å². The van der Waals surface area contributed by atoms with E-state index in [0.29, 0.717) is 18.0 Å². The van der Waals surface area contributed by atoms with Crippen LogP contribution >= 0.6 is 0 Å². The second-order valence-electron chi connectivity index (χ2n) is 8.20. The number of hydrogen-bond donors (Lipinski definition) is 2. The van der Waals surface area contributed by atoms with Gasteiger partial charge in [0, 0.05) is 12.1 Å². The lowest BCUT2D eigenvalue weighted by Gasteiger charge is -2.44. The first-order chi connectivity index (χ1) is 12.4. The number of hydrogen-bond acceptors (Lipinski definition) is 3. The van der Waals surface area contributed by atoms with Crippen LogP contribution in [0.25, 0.3) is 0 Å². The predicted molar refractivity (Wildman–Crippen MR) is 103 cm³/mol. The molecular formula is C21H31N3O2. The van der Waals surface area contributed by atoms with E-state index in [9.17, 15) is 9.59 Å². The SMILES string of the molecule is Cc1ccccc1C1CC(N(C(=O)CNC(=O)[C@@H](N)C(C)C)C2CC2)C1. The van der Waals surface area contributed by atoms with Crippen LogP contribution in [0.3, 0.4) is 0 Å². The number of nitrogens with zero attached hydrogens (tertiary/aromatic N) is 1. The summed E-state index contributed by atoms with van der Waals surface area (Å²) in [7, 11) is 0. The fraction of sp³-hybridized carbons (Fsp3) is 0.619. The predicted octanol–water partition coefficient (Wildman–Crippen LogP) is 2.33. The van der Waals surface area contributed by atoms with Crippen molar-refractivity contribution >= 4 is 11.8 Å². The zero-order valence-corrected chi connectivity index (χ0v) is 16.1. The third-order valence-corrected chi connectivity index (χ3v) is 5.80. The van der Waals surface area contributed by atoms with Gasteiger partial charge >= 0.3 is 0 Å². The van der Waals surface area contributed by atoms with Gasteiger partial charge in [0.05, 0.1) is 12.6 Å². The number of carbonyl (C=O) groups is 2. The monoisotopic (exact) mass is 357 g/mol. The highest BCUT2D eigenvalue weighted by atomic mass is 16.2. The number of aryl methyl sites for hydroxylation is 1. The lowest BCUT2D eigenvalue weighted by atomic mass is 9.73. The number of nitrogens with two attached hydrogens (primary N) is 1. The van der Waals surface area contributed by atoms with Crippen molar-refractivity contribution in [3.63, 3.8) is 0 Å². The highest BCUT2D eigenvalue weighted by Gasteiger charge is 2.43. The molecule has 0 saturated heterocycles. The molecule has 3 rings (SSSR count). The van der Waals surface area contributed by atoms with Crippen LogP contribution in [0.1, 0.15) is 56.6 Å². The summed E-state index contributed by atoms with van der Waals surface area (Å²) in [5, 5.41) is 2.73. The molecule has 142 valence electrons. The van der Waals surface area contributed by atoms with E-state index in [1.54, 1.807) is 0 Å². The Hall–Kier alpha value is -1.88. The Balaban J connectivity index is 1.55. The molecule has 0 radical (unpaired) electrons. The quantitative estimate of drug-likeness (QED) is 0.786. The van der Waals surface area contributed by atoms with Crippen LogP contribution < -0.4 is 11.1 Å². The van der Waals surface area contributed by atoms with Crippen molar-refractivity contribution in [3.05, 3.63) is 35.4 Å². The van der Waals surface area contributed by atoms with Crippen LogP contribution in [0.2, 0.25) is 0 Å². The molecule has 0 heterocycles. The summed E-state index contributed by atoms with van der Waals surface area (Å²) in [5.41, 5.74) is 8.59. The number of benzene rings is 1. The molecule has 0 unspecified atom stereocenters. The summed E-state index contributed by atoms with van der Waals surface area (Å²) >= 11 is 0. The highest BCUT2D eigenvalue weighted by molar-refractivity contribution is 5.87. The van der Waals surface area contributed by atoms with Gasteiger partial charge < -0.3 is 16.0 Å². The fourth-order valence-electron chi connectivity index (χ4n) is 3.85. The van der Waals surface area contributed by atoms with Gasteiger partial charge in [0.2, 0.25) is 11.8 Å². The molecule has 5 heteroatoms. The van der Waals surface area contributed by atoms with E-state index in [1.807, 2.05) is 18.7 Å². The molecule has 0 spiro atoms. The molecule has 2 aliphatic rings. The van der Waals surface area contributed by atoms with E-state index < -0.39 is 6.04 Å². The maximum Gasteiger partial charge on any atom is 0.242 e. The van der Waals surface area contributed by atoms with Crippen LogP contribution in [0.15, 0.2) is 24.3 Å². The van der Waals surface area contributed by atoms with E-state index in [0.717, 1.165) is 25.7 Å². The highest BCUT2D eigenvalue weighted by Crippen LogP contribution is 2.44.